The second kappa shape index (κ2) is 15.5. The number of nitrogens with zero attached hydrogens (tertiary/aromatic N) is 2. The Balaban J connectivity index is 0.00000117. The summed E-state index contributed by atoms with van der Waals surface area (Å²) < 4.78 is 36.5. The number of hydrazone groups is 1. The molecule has 0 heterocycles. The molecule has 0 aliphatic rings. The molecule has 3 amide bonds. The zero-order chi connectivity index (χ0) is 33.0. The van der Waals surface area contributed by atoms with E-state index in [1.807, 2.05) is 0 Å². The molecule has 0 bridgehead atoms. The summed E-state index contributed by atoms with van der Waals surface area (Å²) in [5, 5.41) is 24.3. The predicted octanol–water partition coefficient (Wildman–Crippen LogP) is 1.03. The van der Waals surface area contributed by atoms with E-state index in [0.717, 1.165) is 14.0 Å². The molecule has 43 heavy (non-hydrogen) atoms. The Morgan fingerprint density at radius 3 is 1.98 bits per heavy atom. The number of carbonyl (C=O) groups excluding carboxylic acids is 4. The Bertz CT molecular complexity index is 1350. The van der Waals surface area contributed by atoms with Gasteiger partial charge in [0.15, 0.2) is 5.78 Å². The summed E-state index contributed by atoms with van der Waals surface area (Å²) in [6.45, 7) is 0.962. The molecule has 18 heteroatoms. The summed E-state index contributed by atoms with van der Waals surface area (Å²) in [6, 6.07) is 10.9. The van der Waals surface area contributed by atoms with Gasteiger partial charge in [-0.3, -0.25) is 24.6 Å². The average molecular weight is 613 g/mol. The van der Waals surface area contributed by atoms with Crippen LogP contribution in [0.2, 0.25) is 0 Å². The number of rotatable bonds is 10. The van der Waals surface area contributed by atoms with Crippen molar-refractivity contribution in [2.45, 2.75) is 31.2 Å². The van der Waals surface area contributed by atoms with Crippen molar-refractivity contribution in [1.29, 1.82) is 0 Å². The minimum absolute atomic E-state index is 0.0188. The summed E-state index contributed by atoms with van der Waals surface area (Å²) >= 11 is 0. The highest BCUT2D eigenvalue weighted by Gasteiger charge is 2.55. The number of halogens is 3. The molecule has 0 radical (unpaired) electrons. The first-order valence-corrected chi connectivity index (χ1v) is 11.7. The number of amides is 3. The number of ether oxygens (including phenoxy) is 1. The number of benzene rings is 2. The van der Waals surface area contributed by atoms with Gasteiger partial charge in [0, 0.05) is 11.4 Å². The lowest BCUT2D eigenvalue weighted by Crippen LogP contribution is -2.73. The fraction of sp³-hybridized carbons (Fsp3) is 0.240. The predicted molar refractivity (Wildman–Crippen MR) is 144 cm³/mol. The van der Waals surface area contributed by atoms with Crippen LogP contribution in [-0.4, -0.2) is 77.0 Å². The summed E-state index contributed by atoms with van der Waals surface area (Å²) in [5.41, 5.74) is 3.97. The van der Waals surface area contributed by atoms with E-state index in [0.29, 0.717) is 10.5 Å². The number of hydrogen-bond acceptors (Lipinski definition) is 10. The zero-order valence-corrected chi connectivity index (χ0v) is 22.5. The molecule has 0 aromatic heterocycles. The van der Waals surface area contributed by atoms with E-state index in [2.05, 4.69) is 15.7 Å². The van der Waals surface area contributed by atoms with Gasteiger partial charge in [0.05, 0.1) is 25.8 Å². The number of anilines is 2. The number of carbonyl (C=O) groups is 6. The molecule has 0 unspecified atom stereocenters. The van der Waals surface area contributed by atoms with Crippen molar-refractivity contribution in [2.24, 2.45) is 16.7 Å². The van der Waals surface area contributed by atoms with Crippen molar-refractivity contribution in [2.75, 3.05) is 17.3 Å². The van der Waals surface area contributed by atoms with Crippen molar-refractivity contribution in [1.82, 2.24) is 5.32 Å². The van der Waals surface area contributed by atoms with Crippen molar-refractivity contribution in [3.05, 3.63) is 60.2 Å². The van der Waals surface area contributed by atoms with E-state index >= 15 is 0 Å². The first kappa shape index (κ1) is 35.5. The Morgan fingerprint density at radius 1 is 1.02 bits per heavy atom. The third-order valence-electron chi connectivity index (χ3n) is 5.20. The normalized spacial score (nSPS) is 12.9. The van der Waals surface area contributed by atoms with Crippen LogP contribution in [0.3, 0.4) is 0 Å². The van der Waals surface area contributed by atoms with E-state index in [-0.39, 0.29) is 11.4 Å². The van der Waals surface area contributed by atoms with Gasteiger partial charge >= 0.3 is 30.1 Å². The van der Waals surface area contributed by atoms with E-state index in [9.17, 15) is 37.1 Å². The number of hydrogen-bond donors (Lipinski definition) is 6. The van der Waals surface area contributed by atoms with Crippen LogP contribution in [0.25, 0.3) is 0 Å². The maximum atomic E-state index is 13.4. The van der Waals surface area contributed by atoms with Gasteiger partial charge in [-0.15, -0.1) is 0 Å². The number of esters is 1. The van der Waals surface area contributed by atoms with Crippen molar-refractivity contribution < 1.29 is 56.9 Å². The Kier molecular flexibility index (Phi) is 12.8. The lowest BCUT2D eigenvalue weighted by atomic mass is 9.99. The van der Waals surface area contributed by atoms with E-state index < -0.39 is 59.9 Å². The van der Waals surface area contributed by atoms with Gasteiger partial charge in [0.1, 0.15) is 0 Å². The van der Waals surface area contributed by atoms with Gasteiger partial charge in [-0.2, -0.15) is 18.3 Å². The van der Waals surface area contributed by atoms with Crippen molar-refractivity contribution >= 4 is 53.2 Å². The van der Waals surface area contributed by atoms with Gasteiger partial charge in [0.25, 0.3) is 5.66 Å². The van der Waals surface area contributed by atoms with Crippen LogP contribution in [0.15, 0.2) is 59.7 Å². The van der Waals surface area contributed by atoms with E-state index in [4.69, 9.17) is 31.3 Å². The number of carboxylic acid groups (broad SMARTS) is 2. The quantitative estimate of drug-likeness (QED) is 0.0552. The highest BCUT2D eigenvalue weighted by molar-refractivity contribution is 6.19. The average Bonchev–Trinajstić information content (AvgIpc) is 2.93. The maximum Gasteiger partial charge on any atom is 0.490 e. The molecule has 8 N–H and O–H groups in total. The second-order valence-corrected chi connectivity index (χ2v) is 8.25. The number of alkyl halides is 3. The first-order chi connectivity index (χ1) is 20.0. The van der Waals surface area contributed by atoms with Crippen molar-refractivity contribution in [3.63, 3.8) is 0 Å². The van der Waals surface area contributed by atoms with Crippen LogP contribution in [0.4, 0.5) is 29.3 Å². The van der Waals surface area contributed by atoms with E-state index in [1.165, 1.54) is 42.6 Å². The van der Waals surface area contributed by atoms with E-state index in [1.54, 1.807) is 18.2 Å². The highest BCUT2D eigenvalue weighted by atomic mass is 19.4. The molecule has 2 atom stereocenters. The number of nitrogens with two attached hydrogens (primary N) is 2. The van der Waals surface area contributed by atoms with Crippen LogP contribution < -0.4 is 27.1 Å². The van der Waals surface area contributed by atoms with Gasteiger partial charge in [-0.1, -0.05) is 30.3 Å². The van der Waals surface area contributed by atoms with Gasteiger partial charge < -0.3 is 31.8 Å². The molecule has 15 nitrogen and oxygen atoms in total. The minimum atomic E-state index is -5.08. The number of para-hydroxylation sites is 1. The van der Waals surface area contributed by atoms with Gasteiger partial charge in [-0.25, -0.2) is 14.4 Å². The summed E-state index contributed by atoms with van der Waals surface area (Å²) in [7, 11) is 0.960. The van der Waals surface area contributed by atoms with Crippen LogP contribution in [-0.2, 0) is 28.7 Å². The Hall–Kier alpha value is -5.52. The maximum absolute atomic E-state index is 13.4. The molecule has 0 spiro atoms. The molecule has 2 aromatic rings. The first-order valence-electron chi connectivity index (χ1n) is 11.7. The molecule has 0 saturated heterocycles. The molecular formula is C25H27F3N6O9. The molecule has 0 saturated carbocycles. The number of carboxylic acids is 2. The minimum Gasteiger partial charge on any atom is -0.481 e. The lowest BCUT2D eigenvalue weighted by molar-refractivity contribution is -0.192. The van der Waals surface area contributed by atoms with Crippen LogP contribution >= 0.6 is 0 Å². The smallest absolute Gasteiger partial charge is 0.481 e. The standard InChI is InChI=1S/C23H26N6O7.C2HF3O2/c1-14(30)23(21(34)36-2,28-22(35)27-16-10-8-15(9-11-16)13-26-25)29(17-6-4-3-5-7-17)20(33)18(24)12-19(31)32;3-2(4,5)1(6)7/h3-11,13,18H,12,24-25H2,1-2H3,(H,31,32)(H2,27,28,35);(H,6,7)/t18-,23-;/m0./s1. The lowest BCUT2D eigenvalue weighted by Gasteiger charge is -2.40. The topological polar surface area (TPSA) is 244 Å². The third-order valence-corrected chi connectivity index (χ3v) is 5.20. The van der Waals surface area contributed by atoms with Crippen LogP contribution in [0, 0.1) is 0 Å². The zero-order valence-electron chi connectivity index (χ0n) is 22.5. The van der Waals surface area contributed by atoms with Crippen LogP contribution in [0.5, 0.6) is 0 Å². The molecule has 0 aliphatic heterocycles. The number of aliphatic carboxylic acids is 2. The monoisotopic (exact) mass is 612 g/mol. The number of urea groups is 1. The van der Waals surface area contributed by atoms with Crippen molar-refractivity contribution in [3.8, 4) is 0 Å². The number of ketones is 1. The molecule has 2 rings (SSSR count). The molecule has 232 valence electrons. The molecular weight excluding hydrogens is 585 g/mol. The second-order valence-electron chi connectivity index (χ2n) is 8.25. The Labute approximate surface area is 241 Å². The number of Topliss-reactive ketones (excluding diaryl/α,β-unsaturated/α-hetero) is 1. The summed E-state index contributed by atoms with van der Waals surface area (Å²) in [4.78, 5) is 73.2. The van der Waals surface area contributed by atoms with Crippen LogP contribution in [0.1, 0.15) is 18.9 Å². The molecule has 2 aromatic carbocycles. The molecule has 0 fully saturated rings. The number of methoxy groups -OCH3 is 1. The number of nitrogens with one attached hydrogen (secondary N) is 2. The SMILES string of the molecule is COC(=O)[C@](NC(=O)Nc1ccc(C=NN)cc1)(C(C)=O)N(C(=O)[C@@H](N)CC(=O)O)c1ccccc1.O=C(O)C(F)(F)F. The Morgan fingerprint density at radius 2 is 1.56 bits per heavy atom. The fourth-order valence-corrected chi connectivity index (χ4v) is 3.30. The summed E-state index contributed by atoms with van der Waals surface area (Å²) in [6.07, 6.45) is -4.51. The van der Waals surface area contributed by atoms with Gasteiger partial charge in [-0.05, 0) is 36.8 Å². The molecule has 0 aliphatic carbocycles. The van der Waals surface area contributed by atoms with Gasteiger partial charge in [0.2, 0.25) is 5.91 Å². The third kappa shape index (κ3) is 9.81. The summed E-state index contributed by atoms with van der Waals surface area (Å²) in [5.74, 6) is -2.46. The largest absolute Gasteiger partial charge is 0.490 e. The fourth-order valence-electron chi connectivity index (χ4n) is 3.30. The highest BCUT2D eigenvalue weighted by Crippen LogP contribution is 2.27.